The molecular formula is C14H22ClFN2O2S. The number of benzene rings is 1. The van der Waals surface area contributed by atoms with Gasteiger partial charge in [-0.3, -0.25) is 0 Å². The fraction of sp³-hybridized carbons (Fsp3) is 0.571. The number of piperidine rings is 1. The quantitative estimate of drug-likeness (QED) is 0.897. The molecule has 0 aliphatic carbocycles. The molecule has 7 heteroatoms. The van der Waals surface area contributed by atoms with E-state index < -0.39 is 15.8 Å². The third kappa shape index (κ3) is 4.39. The van der Waals surface area contributed by atoms with Crippen LogP contribution in [0.3, 0.4) is 0 Å². The van der Waals surface area contributed by atoms with E-state index in [9.17, 15) is 12.8 Å². The Morgan fingerprint density at radius 1 is 1.29 bits per heavy atom. The topological polar surface area (TPSA) is 49.4 Å². The van der Waals surface area contributed by atoms with Gasteiger partial charge in [0.1, 0.15) is 10.7 Å². The molecule has 0 radical (unpaired) electrons. The molecule has 0 aromatic heterocycles. The molecule has 4 nitrogen and oxygen atoms in total. The molecule has 1 N–H and O–H groups in total. The van der Waals surface area contributed by atoms with Crippen molar-refractivity contribution in [3.8, 4) is 0 Å². The number of nitrogens with zero attached hydrogens (tertiary/aromatic N) is 1. The lowest BCUT2D eigenvalue weighted by atomic mass is 9.98. The zero-order valence-electron chi connectivity index (χ0n) is 12.1. The summed E-state index contributed by atoms with van der Waals surface area (Å²) in [5.74, 6) is -0.177. The van der Waals surface area contributed by atoms with Gasteiger partial charge in [-0.15, -0.1) is 12.4 Å². The SMILES string of the molecule is CCNCC1CCN(S(=O)(=O)c2ccccc2F)CC1.Cl. The van der Waals surface area contributed by atoms with E-state index in [0.29, 0.717) is 19.0 Å². The Morgan fingerprint density at radius 2 is 1.90 bits per heavy atom. The molecule has 1 aliphatic heterocycles. The number of sulfonamides is 1. The van der Waals surface area contributed by atoms with E-state index in [-0.39, 0.29) is 17.3 Å². The first-order chi connectivity index (χ1) is 9.55. The first kappa shape index (κ1) is 18.4. The second-order valence-electron chi connectivity index (χ2n) is 5.09. The van der Waals surface area contributed by atoms with Crippen LogP contribution in [0.4, 0.5) is 4.39 Å². The van der Waals surface area contributed by atoms with Gasteiger partial charge in [0, 0.05) is 13.1 Å². The van der Waals surface area contributed by atoms with Crippen LogP contribution in [0.2, 0.25) is 0 Å². The van der Waals surface area contributed by atoms with Gasteiger partial charge in [0.2, 0.25) is 10.0 Å². The molecular weight excluding hydrogens is 315 g/mol. The number of hydrogen-bond acceptors (Lipinski definition) is 3. The maximum Gasteiger partial charge on any atom is 0.245 e. The van der Waals surface area contributed by atoms with Crippen molar-refractivity contribution in [2.24, 2.45) is 5.92 Å². The highest BCUT2D eigenvalue weighted by Crippen LogP contribution is 2.24. The largest absolute Gasteiger partial charge is 0.317 e. The minimum Gasteiger partial charge on any atom is -0.317 e. The Balaban J connectivity index is 0.00000220. The van der Waals surface area contributed by atoms with Gasteiger partial charge in [-0.25, -0.2) is 12.8 Å². The Hall–Kier alpha value is -0.690. The highest BCUT2D eigenvalue weighted by atomic mass is 35.5. The normalized spacial score (nSPS) is 17.4. The van der Waals surface area contributed by atoms with E-state index >= 15 is 0 Å². The minimum absolute atomic E-state index is 0. The number of hydrogen-bond donors (Lipinski definition) is 1. The second-order valence-corrected chi connectivity index (χ2v) is 6.99. The first-order valence-electron chi connectivity index (χ1n) is 7.01. The minimum atomic E-state index is -3.70. The lowest BCUT2D eigenvalue weighted by Crippen LogP contribution is -2.40. The predicted octanol–water partition coefficient (Wildman–Crippen LogP) is 2.26. The zero-order chi connectivity index (χ0) is 14.6. The van der Waals surface area contributed by atoms with Crippen LogP contribution in [0.25, 0.3) is 0 Å². The van der Waals surface area contributed by atoms with Crippen molar-refractivity contribution in [2.75, 3.05) is 26.2 Å². The number of halogens is 2. The van der Waals surface area contributed by atoms with E-state index in [2.05, 4.69) is 12.2 Å². The van der Waals surface area contributed by atoms with Gasteiger partial charge in [0.15, 0.2) is 0 Å². The van der Waals surface area contributed by atoms with E-state index in [1.165, 1.54) is 22.5 Å². The lowest BCUT2D eigenvalue weighted by molar-refractivity contribution is 0.268. The Labute approximate surface area is 132 Å². The van der Waals surface area contributed by atoms with Gasteiger partial charge in [-0.05, 0) is 44.0 Å². The zero-order valence-corrected chi connectivity index (χ0v) is 13.7. The molecule has 2 rings (SSSR count). The van der Waals surface area contributed by atoms with Crippen LogP contribution in [0, 0.1) is 11.7 Å². The van der Waals surface area contributed by atoms with Crippen molar-refractivity contribution in [2.45, 2.75) is 24.7 Å². The summed E-state index contributed by atoms with van der Waals surface area (Å²) in [6.45, 7) is 4.83. The van der Waals surface area contributed by atoms with Crippen molar-refractivity contribution in [3.63, 3.8) is 0 Å². The van der Waals surface area contributed by atoms with Gasteiger partial charge in [-0.2, -0.15) is 4.31 Å². The van der Waals surface area contributed by atoms with Crippen LogP contribution in [-0.4, -0.2) is 38.9 Å². The summed E-state index contributed by atoms with van der Waals surface area (Å²) in [4.78, 5) is -0.217. The van der Waals surface area contributed by atoms with Gasteiger partial charge in [0.25, 0.3) is 0 Å². The molecule has 1 saturated heterocycles. The molecule has 21 heavy (non-hydrogen) atoms. The van der Waals surface area contributed by atoms with Crippen LogP contribution >= 0.6 is 12.4 Å². The van der Waals surface area contributed by atoms with Crippen LogP contribution in [0.15, 0.2) is 29.2 Å². The molecule has 1 heterocycles. The summed E-state index contributed by atoms with van der Waals surface area (Å²) in [7, 11) is -3.70. The van der Waals surface area contributed by atoms with Crippen molar-refractivity contribution >= 4 is 22.4 Å². The molecule has 1 aromatic rings. The fourth-order valence-corrected chi connectivity index (χ4v) is 4.03. The second kappa shape index (κ2) is 8.08. The molecule has 1 fully saturated rings. The summed E-state index contributed by atoms with van der Waals surface area (Å²) in [6, 6.07) is 5.56. The van der Waals surface area contributed by atoms with Crippen molar-refractivity contribution in [1.29, 1.82) is 0 Å². The summed E-state index contributed by atoms with van der Waals surface area (Å²) in [6.07, 6.45) is 1.64. The van der Waals surface area contributed by atoms with Gasteiger partial charge < -0.3 is 5.32 Å². The maximum absolute atomic E-state index is 13.7. The molecule has 0 saturated carbocycles. The summed E-state index contributed by atoms with van der Waals surface area (Å²) in [5, 5.41) is 3.28. The number of rotatable bonds is 5. The standard InChI is InChI=1S/C14H21FN2O2S.ClH/c1-2-16-11-12-7-9-17(10-8-12)20(18,19)14-6-4-3-5-13(14)15;/h3-6,12,16H,2,7-11H2,1H3;1H. The highest BCUT2D eigenvalue weighted by Gasteiger charge is 2.30. The summed E-state index contributed by atoms with van der Waals surface area (Å²) in [5.41, 5.74) is 0. The molecule has 0 unspecified atom stereocenters. The lowest BCUT2D eigenvalue weighted by Gasteiger charge is -2.31. The fourth-order valence-electron chi connectivity index (χ4n) is 2.50. The highest BCUT2D eigenvalue weighted by molar-refractivity contribution is 7.89. The molecule has 0 bridgehead atoms. The molecule has 0 atom stereocenters. The first-order valence-corrected chi connectivity index (χ1v) is 8.45. The average molecular weight is 337 g/mol. The summed E-state index contributed by atoms with van der Waals surface area (Å²) >= 11 is 0. The van der Waals surface area contributed by atoms with Crippen molar-refractivity contribution in [1.82, 2.24) is 9.62 Å². The number of nitrogens with one attached hydrogen (secondary N) is 1. The van der Waals surface area contributed by atoms with E-state index in [1.54, 1.807) is 6.07 Å². The predicted molar refractivity (Wildman–Crippen MR) is 83.7 cm³/mol. The average Bonchev–Trinajstić information content (AvgIpc) is 2.46. The monoisotopic (exact) mass is 336 g/mol. The third-order valence-electron chi connectivity index (χ3n) is 3.71. The van der Waals surface area contributed by atoms with E-state index in [0.717, 1.165) is 25.9 Å². The van der Waals surface area contributed by atoms with Crippen LogP contribution in [-0.2, 0) is 10.0 Å². The molecule has 120 valence electrons. The van der Waals surface area contributed by atoms with Gasteiger partial charge in [0.05, 0.1) is 0 Å². The Morgan fingerprint density at radius 3 is 2.48 bits per heavy atom. The Bertz CT molecular complexity index is 546. The van der Waals surface area contributed by atoms with E-state index in [1.807, 2.05) is 0 Å². The van der Waals surface area contributed by atoms with Gasteiger partial charge >= 0.3 is 0 Å². The molecule has 0 spiro atoms. The van der Waals surface area contributed by atoms with Gasteiger partial charge in [-0.1, -0.05) is 19.1 Å². The van der Waals surface area contributed by atoms with Crippen LogP contribution in [0.1, 0.15) is 19.8 Å². The molecule has 0 amide bonds. The maximum atomic E-state index is 13.7. The molecule has 1 aliphatic rings. The van der Waals surface area contributed by atoms with Crippen molar-refractivity contribution in [3.05, 3.63) is 30.1 Å². The van der Waals surface area contributed by atoms with Crippen LogP contribution < -0.4 is 5.32 Å². The summed E-state index contributed by atoms with van der Waals surface area (Å²) < 4.78 is 39.9. The van der Waals surface area contributed by atoms with Crippen LogP contribution in [0.5, 0.6) is 0 Å². The third-order valence-corrected chi connectivity index (χ3v) is 5.64. The van der Waals surface area contributed by atoms with E-state index in [4.69, 9.17) is 0 Å². The van der Waals surface area contributed by atoms with Crippen molar-refractivity contribution < 1.29 is 12.8 Å². The smallest absolute Gasteiger partial charge is 0.245 e. The Kier molecular flexibility index (Phi) is 7.06. The molecule has 1 aromatic carbocycles.